The van der Waals surface area contributed by atoms with Crippen molar-refractivity contribution in [3.05, 3.63) is 52.5 Å². The molecule has 228 valence electrons. The predicted molar refractivity (Wildman–Crippen MR) is 155 cm³/mol. The standard InChI is InChI=1S/C25H29Cl2N5O2S.C2HF3O2/c26-18-11-19(27)13-21(12-18)35(33,34)29-15-17-7-5-16(6-8-17)14-28-25-31-23-4-2-1-3-22(23)24(32-25)30-20-9-10-20;3-2(4,5)1(6)7/h1-4,11-13,16-17,20,29H,5-10,14-15H2,(H2,28,30,31,32);(H,6,7). The highest BCUT2D eigenvalue weighted by Crippen LogP contribution is 2.31. The zero-order chi connectivity index (χ0) is 30.5. The minimum absolute atomic E-state index is 0.0961. The zero-order valence-electron chi connectivity index (χ0n) is 22.3. The lowest BCUT2D eigenvalue weighted by Crippen LogP contribution is -2.32. The SMILES string of the molecule is O=C(O)C(F)(F)F.O=S(=O)(NCC1CCC(CNc2nc(NC3CC3)c3ccccc3n2)CC1)c1cc(Cl)cc(Cl)c1. The summed E-state index contributed by atoms with van der Waals surface area (Å²) in [5.41, 5.74) is 0.935. The molecule has 15 heteroatoms. The molecule has 3 aromatic rings. The van der Waals surface area contributed by atoms with Crippen LogP contribution in [-0.2, 0) is 14.8 Å². The predicted octanol–water partition coefficient (Wildman–Crippen LogP) is 6.34. The number of hydrogen-bond donors (Lipinski definition) is 4. The minimum Gasteiger partial charge on any atom is -0.475 e. The maximum absolute atomic E-state index is 12.6. The van der Waals surface area contributed by atoms with Crippen molar-refractivity contribution in [2.24, 2.45) is 11.8 Å². The second-order valence-corrected chi connectivity index (χ2v) is 13.0. The normalized spacial score (nSPS) is 19.1. The van der Waals surface area contributed by atoms with Gasteiger partial charge in [0.1, 0.15) is 5.82 Å². The number of para-hydroxylation sites is 1. The number of alkyl halides is 3. The van der Waals surface area contributed by atoms with Gasteiger partial charge in [-0.3, -0.25) is 0 Å². The number of halogens is 5. The summed E-state index contributed by atoms with van der Waals surface area (Å²) in [4.78, 5) is 18.4. The Morgan fingerprint density at radius 1 is 0.929 bits per heavy atom. The maximum atomic E-state index is 12.6. The average molecular weight is 649 g/mol. The summed E-state index contributed by atoms with van der Waals surface area (Å²) in [5, 5.41) is 15.7. The van der Waals surface area contributed by atoms with Gasteiger partial charge in [0.25, 0.3) is 0 Å². The number of aliphatic carboxylic acids is 1. The van der Waals surface area contributed by atoms with Crippen LogP contribution in [0.2, 0.25) is 10.0 Å². The lowest BCUT2D eigenvalue weighted by Gasteiger charge is -2.28. The summed E-state index contributed by atoms with van der Waals surface area (Å²) in [6.45, 7) is 1.22. The first-order valence-corrected chi connectivity index (χ1v) is 15.6. The van der Waals surface area contributed by atoms with Gasteiger partial charge in [0.15, 0.2) is 0 Å². The molecule has 2 aromatic carbocycles. The van der Waals surface area contributed by atoms with Gasteiger partial charge in [-0.05, 0) is 80.7 Å². The Morgan fingerprint density at radius 2 is 1.50 bits per heavy atom. The van der Waals surface area contributed by atoms with Crippen LogP contribution >= 0.6 is 23.2 Å². The number of nitrogens with one attached hydrogen (secondary N) is 3. The van der Waals surface area contributed by atoms with Gasteiger partial charge in [-0.25, -0.2) is 22.9 Å². The number of carboxylic acid groups (broad SMARTS) is 1. The van der Waals surface area contributed by atoms with Crippen LogP contribution in [0, 0.1) is 11.8 Å². The summed E-state index contributed by atoms with van der Waals surface area (Å²) < 4.78 is 59.7. The molecule has 2 saturated carbocycles. The molecule has 9 nitrogen and oxygen atoms in total. The molecule has 42 heavy (non-hydrogen) atoms. The Hall–Kier alpha value is -2.87. The molecule has 5 rings (SSSR count). The number of nitrogens with zero attached hydrogens (tertiary/aromatic N) is 2. The van der Waals surface area contributed by atoms with Crippen LogP contribution in [0.1, 0.15) is 38.5 Å². The van der Waals surface area contributed by atoms with Crippen LogP contribution < -0.4 is 15.4 Å². The minimum atomic E-state index is -5.08. The first-order chi connectivity index (χ1) is 19.8. The summed E-state index contributed by atoms with van der Waals surface area (Å²) in [7, 11) is -3.64. The van der Waals surface area contributed by atoms with Crippen molar-refractivity contribution in [2.75, 3.05) is 23.7 Å². The summed E-state index contributed by atoms with van der Waals surface area (Å²) in [5.74, 6) is -0.390. The molecule has 1 heterocycles. The Kier molecular flexibility index (Phi) is 10.4. The fourth-order valence-electron chi connectivity index (χ4n) is 4.56. The van der Waals surface area contributed by atoms with Gasteiger partial charge in [0, 0.05) is 34.6 Å². The summed E-state index contributed by atoms with van der Waals surface area (Å²) in [6.07, 6.45) is 1.30. The molecule has 4 N–H and O–H groups in total. The average Bonchev–Trinajstić information content (AvgIpc) is 3.75. The molecule has 0 radical (unpaired) electrons. The lowest BCUT2D eigenvalue weighted by molar-refractivity contribution is -0.192. The largest absolute Gasteiger partial charge is 0.490 e. The fourth-order valence-corrected chi connectivity index (χ4v) is 6.40. The molecule has 0 spiro atoms. The van der Waals surface area contributed by atoms with E-state index < -0.39 is 22.2 Å². The van der Waals surface area contributed by atoms with E-state index in [0.717, 1.165) is 48.9 Å². The number of rotatable bonds is 9. The number of aromatic nitrogens is 2. The third-order valence-electron chi connectivity index (χ3n) is 6.99. The van der Waals surface area contributed by atoms with E-state index in [-0.39, 0.29) is 4.90 Å². The van der Waals surface area contributed by atoms with E-state index in [1.807, 2.05) is 18.2 Å². The number of anilines is 2. The molecular weight excluding hydrogens is 618 g/mol. The van der Waals surface area contributed by atoms with E-state index >= 15 is 0 Å². The summed E-state index contributed by atoms with van der Waals surface area (Å²) >= 11 is 11.9. The lowest BCUT2D eigenvalue weighted by atomic mass is 9.82. The molecule has 2 fully saturated rings. The quantitative estimate of drug-likeness (QED) is 0.211. The van der Waals surface area contributed by atoms with Gasteiger partial charge in [0.05, 0.1) is 10.4 Å². The van der Waals surface area contributed by atoms with Crippen LogP contribution in [0.25, 0.3) is 10.9 Å². The second-order valence-electron chi connectivity index (χ2n) is 10.4. The molecule has 0 saturated heterocycles. The molecule has 0 unspecified atom stereocenters. The monoisotopic (exact) mass is 647 g/mol. The number of carbonyl (C=O) groups is 1. The van der Waals surface area contributed by atoms with Gasteiger partial charge in [0.2, 0.25) is 16.0 Å². The third-order valence-corrected chi connectivity index (χ3v) is 8.83. The van der Waals surface area contributed by atoms with Crippen molar-refractivity contribution in [3.8, 4) is 0 Å². The first-order valence-electron chi connectivity index (χ1n) is 13.3. The van der Waals surface area contributed by atoms with E-state index in [2.05, 4.69) is 21.4 Å². The van der Waals surface area contributed by atoms with Crippen LogP contribution in [0.3, 0.4) is 0 Å². The smallest absolute Gasteiger partial charge is 0.475 e. The van der Waals surface area contributed by atoms with Crippen LogP contribution in [0.5, 0.6) is 0 Å². The number of sulfonamides is 1. The van der Waals surface area contributed by atoms with Crippen molar-refractivity contribution in [1.82, 2.24) is 14.7 Å². The number of hydrogen-bond acceptors (Lipinski definition) is 7. The van der Waals surface area contributed by atoms with Crippen molar-refractivity contribution in [2.45, 2.75) is 55.6 Å². The van der Waals surface area contributed by atoms with Crippen molar-refractivity contribution >= 4 is 61.9 Å². The first kappa shape index (κ1) is 32.1. The number of benzene rings is 2. The molecule has 2 aliphatic carbocycles. The molecule has 0 atom stereocenters. The second kappa shape index (κ2) is 13.6. The molecule has 0 bridgehead atoms. The highest BCUT2D eigenvalue weighted by atomic mass is 35.5. The van der Waals surface area contributed by atoms with Gasteiger partial charge >= 0.3 is 12.1 Å². The van der Waals surface area contributed by atoms with Crippen molar-refractivity contribution in [3.63, 3.8) is 0 Å². The molecular formula is C27H30Cl2F3N5O4S. The van der Waals surface area contributed by atoms with E-state index in [1.54, 1.807) is 0 Å². The van der Waals surface area contributed by atoms with E-state index in [1.165, 1.54) is 31.0 Å². The van der Waals surface area contributed by atoms with Gasteiger partial charge < -0.3 is 15.7 Å². The van der Waals surface area contributed by atoms with Crippen molar-refractivity contribution < 1.29 is 31.5 Å². The number of fused-ring (bicyclic) bond motifs is 1. The highest BCUT2D eigenvalue weighted by Gasteiger charge is 2.38. The highest BCUT2D eigenvalue weighted by molar-refractivity contribution is 7.89. The fraction of sp³-hybridized carbons (Fsp3) is 0.444. The van der Waals surface area contributed by atoms with E-state index in [0.29, 0.717) is 40.4 Å². The Labute approximate surface area is 251 Å². The van der Waals surface area contributed by atoms with E-state index in [9.17, 15) is 21.6 Å². The molecule has 0 aliphatic heterocycles. The van der Waals surface area contributed by atoms with Crippen molar-refractivity contribution in [1.29, 1.82) is 0 Å². The van der Waals surface area contributed by atoms with Crippen LogP contribution in [0.15, 0.2) is 47.4 Å². The zero-order valence-corrected chi connectivity index (χ0v) is 24.6. The molecule has 1 aromatic heterocycles. The van der Waals surface area contributed by atoms with E-state index in [4.69, 9.17) is 43.1 Å². The van der Waals surface area contributed by atoms with Crippen LogP contribution in [0.4, 0.5) is 24.9 Å². The Morgan fingerprint density at radius 3 is 2.07 bits per heavy atom. The van der Waals surface area contributed by atoms with Gasteiger partial charge in [-0.15, -0.1) is 0 Å². The number of carboxylic acids is 1. The summed E-state index contributed by atoms with van der Waals surface area (Å²) in [6, 6.07) is 13.0. The molecule has 0 amide bonds. The Balaban J connectivity index is 0.000000517. The topological polar surface area (TPSA) is 133 Å². The third kappa shape index (κ3) is 9.32. The van der Waals surface area contributed by atoms with Gasteiger partial charge in [-0.2, -0.15) is 18.2 Å². The Bertz CT molecular complexity index is 1500. The van der Waals surface area contributed by atoms with Crippen LogP contribution in [-0.4, -0.2) is 54.8 Å². The molecule has 2 aliphatic rings. The maximum Gasteiger partial charge on any atom is 0.490 e. The van der Waals surface area contributed by atoms with Gasteiger partial charge in [-0.1, -0.05) is 35.3 Å².